The molecule has 8 nitrogen and oxygen atoms in total. The molecule has 4 aromatic heterocycles. The molecule has 33 heavy (non-hydrogen) atoms. The molecule has 6 heterocycles. The fourth-order valence-corrected chi connectivity index (χ4v) is 6.07. The lowest BCUT2D eigenvalue weighted by atomic mass is 10.00. The molecule has 4 aromatic rings. The first kappa shape index (κ1) is 20.2. The smallest absolute Gasteiger partial charge is 0.147 e. The van der Waals surface area contributed by atoms with E-state index in [9.17, 15) is 9.65 Å². The van der Waals surface area contributed by atoms with Crippen LogP contribution in [0.4, 0.5) is 10.2 Å². The maximum absolute atomic E-state index is 14.3. The van der Waals surface area contributed by atoms with Gasteiger partial charge in [0.1, 0.15) is 36.1 Å². The standard InChI is InChI=1S/C23H21FN8S/c24-7-19(32-12-16(10-30-32)20-17-1-4-26-22(17)29-13-28-20)15-2-5-31(11-15)23-18(8-25)21-14(9-27-23)3-6-33-21/h1,4,9-10,12-13,15,19H,2-3,5-7,11H2,(H,26,28,29). The van der Waals surface area contributed by atoms with Gasteiger partial charge in [0, 0.05) is 59.2 Å². The van der Waals surface area contributed by atoms with Crippen molar-refractivity contribution in [2.75, 3.05) is 30.4 Å². The minimum Gasteiger partial charge on any atom is -0.355 e. The number of anilines is 1. The van der Waals surface area contributed by atoms with E-state index < -0.39 is 6.67 Å². The van der Waals surface area contributed by atoms with Crippen molar-refractivity contribution in [3.8, 4) is 17.3 Å². The Morgan fingerprint density at radius 3 is 3.12 bits per heavy atom. The Kier molecular flexibility index (Phi) is 4.99. The first-order valence-corrected chi connectivity index (χ1v) is 11.9. The number of alkyl halides is 1. The summed E-state index contributed by atoms with van der Waals surface area (Å²) < 4.78 is 16.0. The van der Waals surface area contributed by atoms with Crippen LogP contribution in [0.1, 0.15) is 23.6 Å². The molecule has 2 unspecified atom stereocenters. The van der Waals surface area contributed by atoms with Gasteiger partial charge in [0.25, 0.3) is 0 Å². The first-order valence-electron chi connectivity index (χ1n) is 10.9. The van der Waals surface area contributed by atoms with Crippen molar-refractivity contribution in [2.24, 2.45) is 5.92 Å². The van der Waals surface area contributed by atoms with E-state index in [-0.39, 0.29) is 12.0 Å². The van der Waals surface area contributed by atoms with Gasteiger partial charge in [0.2, 0.25) is 0 Å². The van der Waals surface area contributed by atoms with Crippen molar-refractivity contribution in [3.63, 3.8) is 0 Å². The Morgan fingerprint density at radius 2 is 2.24 bits per heavy atom. The molecule has 0 radical (unpaired) electrons. The van der Waals surface area contributed by atoms with E-state index in [4.69, 9.17) is 0 Å². The summed E-state index contributed by atoms with van der Waals surface area (Å²) in [5.74, 6) is 1.78. The second-order valence-corrected chi connectivity index (χ2v) is 9.51. The number of nitrogens with zero attached hydrogens (tertiary/aromatic N) is 7. The summed E-state index contributed by atoms with van der Waals surface area (Å²) in [5.41, 5.74) is 4.18. The molecule has 2 atom stereocenters. The van der Waals surface area contributed by atoms with Crippen molar-refractivity contribution in [1.29, 1.82) is 5.26 Å². The molecule has 2 aliphatic heterocycles. The van der Waals surface area contributed by atoms with Crippen LogP contribution in [0.3, 0.4) is 0 Å². The Balaban J connectivity index is 1.26. The number of hydrogen-bond donors (Lipinski definition) is 1. The second kappa shape index (κ2) is 8.15. The number of aryl methyl sites for hydroxylation is 1. The Labute approximate surface area is 193 Å². The number of nitrogens with one attached hydrogen (secondary N) is 1. The van der Waals surface area contributed by atoms with Gasteiger partial charge in [-0.3, -0.25) is 4.68 Å². The van der Waals surface area contributed by atoms with Gasteiger partial charge in [-0.05, 0) is 24.5 Å². The fraction of sp³-hybridized carbons (Fsp3) is 0.348. The van der Waals surface area contributed by atoms with Crippen molar-refractivity contribution in [1.82, 2.24) is 29.7 Å². The SMILES string of the molecule is N#Cc1c(N2CCC(C(CF)n3cc(-c4ncnc5[nH]ccc45)cn3)C2)ncc2c1SCC2. The Hall–Kier alpha value is -3.45. The van der Waals surface area contributed by atoms with E-state index >= 15 is 0 Å². The van der Waals surface area contributed by atoms with Crippen LogP contribution in [-0.4, -0.2) is 55.2 Å². The van der Waals surface area contributed by atoms with Gasteiger partial charge >= 0.3 is 0 Å². The van der Waals surface area contributed by atoms with Crippen LogP contribution in [-0.2, 0) is 6.42 Å². The number of halogens is 1. The van der Waals surface area contributed by atoms with Crippen molar-refractivity contribution in [3.05, 3.63) is 48.3 Å². The summed E-state index contributed by atoms with van der Waals surface area (Å²) in [4.78, 5) is 19.5. The van der Waals surface area contributed by atoms with Crippen LogP contribution in [0.25, 0.3) is 22.3 Å². The first-order chi connectivity index (χ1) is 16.3. The molecule has 6 rings (SSSR count). The van der Waals surface area contributed by atoms with E-state index in [0.717, 1.165) is 63.7 Å². The molecule has 10 heteroatoms. The van der Waals surface area contributed by atoms with Gasteiger partial charge < -0.3 is 9.88 Å². The van der Waals surface area contributed by atoms with E-state index in [2.05, 4.69) is 36.0 Å². The molecule has 0 saturated carbocycles. The molecular weight excluding hydrogens is 439 g/mol. The highest BCUT2D eigenvalue weighted by atomic mass is 32.2. The van der Waals surface area contributed by atoms with Crippen LogP contribution < -0.4 is 4.90 Å². The summed E-state index contributed by atoms with van der Waals surface area (Å²) in [6, 6.07) is 3.91. The maximum Gasteiger partial charge on any atom is 0.147 e. The second-order valence-electron chi connectivity index (χ2n) is 8.41. The summed E-state index contributed by atoms with van der Waals surface area (Å²) >= 11 is 1.73. The average molecular weight is 461 g/mol. The summed E-state index contributed by atoms with van der Waals surface area (Å²) in [6.07, 6.45) is 10.6. The normalized spacial score (nSPS) is 18.5. The zero-order valence-electron chi connectivity index (χ0n) is 17.8. The third-order valence-electron chi connectivity index (χ3n) is 6.61. The zero-order valence-corrected chi connectivity index (χ0v) is 18.6. The lowest BCUT2D eigenvalue weighted by Crippen LogP contribution is -2.27. The Morgan fingerprint density at radius 1 is 1.30 bits per heavy atom. The van der Waals surface area contributed by atoms with Crippen LogP contribution in [0.15, 0.2) is 42.1 Å². The fourth-order valence-electron chi connectivity index (χ4n) is 4.92. The highest BCUT2D eigenvalue weighted by molar-refractivity contribution is 7.99. The van der Waals surface area contributed by atoms with E-state index in [1.807, 2.05) is 24.7 Å². The highest BCUT2D eigenvalue weighted by Gasteiger charge is 2.34. The van der Waals surface area contributed by atoms with E-state index in [1.54, 1.807) is 22.6 Å². The zero-order chi connectivity index (χ0) is 22.4. The van der Waals surface area contributed by atoms with Gasteiger partial charge in [-0.1, -0.05) is 0 Å². The molecular formula is C23H21FN8S. The number of nitriles is 1. The molecule has 1 N–H and O–H groups in total. The number of rotatable bonds is 5. The minimum absolute atomic E-state index is 0.0645. The van der Waals surface area contributed by atoms with Gasteiger partial charge in [0.05, 0.1) is 17.9 Å². The quantitative estimate of drug-likeness (QED) is 0.484. The molecule has 0 spiro atoms. The summed E-state index contributed by atoms with van der Waals surface area (Å²) in [6.45, 7) is 0.877. The lowest BCUT2D eigenvalue weighted by Gasteiger charge is -2.23. The van der Waals surface area contributed by atoms with E-state index in [0.29, 0.717) is 12.1 Å². The van der Waals surface area contributed by atoms with Gasteiger partial charge in [0.15, 0.2) is 0 Å². The highest BCUT2D eigenvalue weighted by Crippen LogP contribution is 2.39. The molecule has 1 fully saturated rings. The number of fused-ring (bicyclic) bond motifs is 2. The molecule has 0 aliphatic carbocycles. The number of thioether (sulfide) groups is 1. The van der Waals surface area contributed by atoms with Crippen LogP contribution in [0.5, 0.6) is 0 Å². The number of H-pyrrole nitrogens is 1. The Bertz CT molecular complexity index is 1370. The molecule has 1 saturated heterocycles. The number of pyridine rings is 1. The number of aromatic amines is 1. The third kappa shape index (κ3) is 3.35. The average Bonchev–Trinajstić information content (AvgIpc) is 3.65. The largest absolute Gasteiger partial charge is 0.355 e. The van der Waals surface area contributed by atoms with Gasteiger partial charge in [-0.15, -0.1) is 11.8 Å². The van der Waals surface area contributed by atoms with Crippen molar-refractivity contribution in [2.45, 2.75) is 23.8 Å². The molecule has 0 bridgehead atoms. The summed E-state index contributed by atoms with van der Waals surface area (Å²) in [7, 11) is 0. The third-order valence-corrected chi connectivity index (χ3v) is 7.77. The predicted octanol–water partition coefficient (Wildman–Crippen LogP) is 3.77. The molecule has 0 amide bonds. The van der Waals surface area contributed by atoms with E-state index in [1.165, 1.54) is 6.33 Å². The molecule has 0 aromatic carbocycles. The minimum atomic E-state index is -0.512. The van der Waals surface area contributed by atoms with Crippen LogP contribution in [0.2, 0.25) is 0 Å². The topological polar surface area (TPSA) is 99.3 Å². The summed E-state index contributed by atoms with van der Waals surface area (Å²) in [5, 5.41) is 15.2. The number of hydrogen-bond acceptors (Lipinski definition) is 7. The molecule has 2 aliphatic rings. The monoisotopic (exact) mass is 460 g/mol. The van der Waals surface area contributed by atoms with Gasteiger partial charge in [-0.25, -0.2) is 19.3 Å². The van der Waals surface area contributed by atoms with Crippen molar-refractivity contribution < 1.29 is 4.39 Å². The maximum atomic E-state index is 14.3. The predicted molar refractivity (Wildman–Crippen MR) is 124 cm³/mol. The van der Waals surface area contributed by atoms with Crippen LogP contribution in [0, 0.1) is 17.2 Å². The lowest BCUT2D eigenvalue weighted by molar-refractivity contribution is 0.257. The van der Waals surface area contributed by atoms with Gasteiger partial charge in [-0.2, -0.15) is 10.4 Å². The number of aromatic nitrogens is 6. The molecule has 166 valence electrons. The van der Waals surface area contributed by atoms with Crippen LogP contribution >= 0.6 is 11.8 Å². The van der Waals surface area contributed by atoms with Crippen molar-refractivity contribution >= 4 is 28.6 Å².